The minimum absolute atomic E-state index is 0.0166. The molecule has 0 heterocycles. The molecule has 0 aliphatic heterocycles. The Balaban J connectivity index is 2.04. The predicted molar refractivity (Wildman–Crippen MR) is 74.3 cm³/mol. The highest BCUT2D eigenvalue weighted by molar-refractivity contribution is 7.84. The second-order valence-corrected chi connectivity index (χ2v) is 6.58. The number of hydrogen-bond acceptors (Lipinski definition) is 2. The van der Waals surface area contributed by atoms with Crippen molar-refractivity contribution in [1.29, 1.82) is 5.26 Å². The van der Waals surface area contributed by atoms with E-state index < -0.39 is 10.8 Å². The Morgan fingerprint density at radius 1 is 1.17 bits per heavy atom. The van der Waals surface area contributed by atoms with Gasteiger partial charge in [-0.3, -0.25) is 4.21 Å². The Kier molecular flexibility index (Phi) is 4.95. The first-order chi connectivity index (χ1) is 8.81. The van der Waals surface area contributed by atoms with Crippen LogP contribution in [0, 0.1) is 17.2 Å². The van der Waals surface area contributed by atoms with Gasteiger partial charge in [-0.05, 0) is 18.4 Å². The summed E-state index contributed by atoms with van der Waals surface area (Å²) in [5.74, 6) is 0.570. The van der Waals surface area contributed by atoms with Crippen molar-refractivity contribution in [3.8, 4) is 6.07 Å². The van der Waals surface area contributed by atoms with Crippen LogP contribution in [0.3, 0.4) is 0 Å². The maximum Gasteiger partial charge on any atom is 0.0668 e. The normalized spacial score (nSPS) is 25.9. The maximum absolute atomic E-state index is 12.4. The fourth-order valence-electron chi connectivity index (χ4n) is 2.58. The van der Waals surface area contributed by atoms with Crippen molar-refractivity contribution < 1.29 is 4.21 Å². The van der Waals surface area contributed by atoms with E-state index in [4.69, 9.17) is 0 Å². The third-order valence-electron chi connectivity index (χ3n) is 3.61. The van der Waals surface area contributed by atoms with E-state index >= 15 is 0 Å². The summed E-state index contributed by atoms with van der Waals surface area (Å²) in [5, 5.41) is 9.28. The number of nitrogens with zero attached hydrogens (tertiary/aromatic N) is 1. The minimum atomic E-state index is -0.921. The topological polar surface area (TPSA) is 40.9 Å². The van der Waals surface area contributed by atoms with Crippen molar-refractivity contribution >= 4 is 10.8 Å². The number of rotatable bonds is 3. The van der Waals surface area contributed by atoms with Crippen LogP contribution < -0.4 is 0 Å². The molecule has 1 aliphatic carbocycles. The van der Waals surface area contributed by atoms with Crippen LogP contribution in [-0.4, -0.2) is 9.46 Å². The summed E-state index contributed by atoms with van der Waals surface area (Å²) in [6.07, 6.45) is 5.26. The first-order valence-corrected chi connectivity index (χ1v) is 8.00. The van der Waals surface area contributed by atoms with E-state index in [-0.39, 0.29) is 11.2 Å². The molecule has 1 fully saturated rings. The Labute approximate surface area is 111 Å². The summed E-state index contributed by atoms with van der Waals surface area (Å²) in [7, 11) is -0.921. The second kappa shape index (κ2) is 6.70. The molecule has 0 saturated heterocycles. The van der Waals surface area contributed by atoms with Gasteiger partial charge in [-0.25, -0.2) is 0 Å². The lowest BCUT2D eigenvalue weighted by Crippen LogP contribution is -2.24. The second-order valence-electron chi connectivity index (χ2n) is 4.92. The van der Waals surface area contributed by atoms with Crippen molar-refractivity contribution in [2.45, 2.75) is 43.1 Å². The number of benzene rings is 1. The van der Waals surface area contributed by atoms with Crippen LogP contribution in [0.15, 0.2) is 30.3 Å². The molecule has 2 rings (SSSR count). The zero-order valence-electron chi connectivity index (χ0n) is 10.5. The van der Waals surface area contributed by atoms with Gasteiger partial charge >= 0.3 is 0 Å². The molecule has 0 spiro atoms. The van der Waals surface area contributed by atoms with Crippen LogP contribution in [-0.2, 0) is 16.6 Å². The quantitative estimate of drug-likeness (QED) is 0.782. The Morgan fingerprint density at radius 2 is 1.89 bits per heavy atom. The molecule has 0 N–H and O–H groups in total. The molecule has 1 aromatic carbocycles. The van der Waals surface area contributed by atoms with E-state index in [9.17, 15) is 9.47 Å². The molecule has 1 saturated carbocycles. The highest BCUT2D eigenvalue weighted by Crippen LogP contribution is 2.28. The van der Waals surface area contributed by atoms with Crippen LogP contribution in [0.1, 0.15) is 37.7 Å². The maximum atomic E-state index is 12.4. The van der Waals surface area contributed by atoms with Crippen LogP contribution in [0.25, 0.3) is 0 Å². The lowest BCUT2D eigenvalue weighted by molar-refractivity contribution is 0.564. The van der Waals surface area contributed by atoms with Gasteiger partial charge in [0.05, 0.1) is 17.2 Å². The fourth-order valence-corrected chi connectivity index (χ4v) is 4.31. The molecule has 0 aromatic heterocycles. The first-order valence-electron chi connectivity index (χ1n) is 6.62. The lowest BCUT2D eigenvalue weighted by Gasteiger charge is -2.18. The lowest BCUT2D eigenvalue weighted by atomic mass is 10.0. The third kappa shape index (κ3) is 3.43. The number of nitriles is 1. The van der Waals surface area contributed by atoms with Crippen molar-refractivity contribution in [2.75, 3.05) is 0 Å². The van der Waals surface area contributed by atoms with Crippen LogP contribution in [0.5, 0.6) is 0 Å². The standard InChI is InChI=1S/C15H19NOS/c16-11-14-9-5-2-6-10-15(14)18(17)12-13-7-3-1-4-8-13/h1,3-4,7-8,14-15H,2,5-6,9-10,12H2. The molecule has 1 aliphatic rings. The van der Waals surface area contributed by atoms with Crippen molar-refractivity contribution in [2.24, 2.45) is 5.92 Å². The molecule has 3 heteroatoms. The molecule has 18 heavy (non-hydrogen) atoms. The van der Waals surface area contributed by atoms with Gasteiger partial charge < -0.3 is 0 Å². The van der Waals surface area contributed by atoms with E-state index in [1.54, 1.807) is 0 Å². The van der Waals surface area contributed by atoms with Gasteiger partial charge in [0, 0.05) is 16.6 Å². The largest absolute Gasteiger partial charge is 0.259 e. The van der Waals surface area contributed by atoms with Crippen LogP contribution >= 0.6 is 0 Å². The predicted octanol–water partition coefficient (Wildman–Crippen LogP) is 3.41. The highest BCUT2D eigenvalue weighted by atomic mass is 32.2. The van der Waals surface area contributed by atoms with Gasteiger partial charge in [0.25, 0.3) is 0 Å². The summed E-state index contributed by atoms with van der Waals surface area (Å²) < 4.78 is 12.4. The van der Waals surface area contributed by atoms with Crippen LogP contribution in [0.4, 0.5) is 0 Å². The Morgan fingerprint density at radius 3 is 2.61 bits per heavy atom. The molecule has 2 nitrogen and oxygen atoms in total. The molecular weight excluding hydrogens is 242 g/mol. The van der Waals surface area contributed by atoms with E-state index in [1.165, 1.54) is 6.42 Å². The van der Waals surface area contributed by atoms with Gasteiger partial charge in [-0.1, -0.05) is 49.6 Å². The van der Waals surface area contributed by atoms with Gasteiger partial charge in [-0.2, -0.15) is 5.26 Å². The SMILES string of the molecule is N#CC1CCCCCC1S(=O)Cc1ccccc1. The van der Waals surface area contributed by atoms with E-state index in [0.29, 0.717) is 5.75 Å². The monoisotopic (exact) mass is 261 g/mol. The zero-order valence-corrected chi connectivity index (χ0v) is 11.4. The molecular formula is C15H19NOS. The molecule has 0 bridgehead atoms. The molecule has 0 amide bonds. The number of hydrogen-bond donors (Lipinski definition) is 0. The first kappa shape index (κ1) is 13.3. The molecule has 3 unspecified atom stereocenters. The molecule has 1 aromatic rings. The summed E-state index contributed by atoms with van der Waals surface area (Å²) in [5.41, 5.74) is 1.11. The fraction of sp³-hybridized carbons (Fsp3) is 0.533. The van der Waals surface area contributed by atoms with E-state index in [0.717, 1.165) is 31.2 Å². The smallest absolute Gasteiger partial charge is 0.0668 e. The minimum Gasteiger partial charge on any atom is -0.259 e. The van der Waals surface area contributed by atoms with E-state index in [1.807, 2.05) is 30.3 Å². The molecule has 3 atom stereocenters. The Hall–Kier alpha value is -1.14. The van der Waals surface area contributed by atoms with Gasteiger partial charge in [-0.15, -0.1) is 0 Å². The summed E-state index contributed by atoms with van der Waals surface area (Å²) in [4.78, 5) is 0. The van der Waals surface area contributed by atoms with Gasteiger partial charge in [0.2, 0.25) is 0 Å². The van der Waals surface area contributed by atoms with Crippen LogP contribution in [0.2, 0.25) is 0 Å². The summed E-state index contributed by atoms with van der Waals surface area (Å²) >= 11 is 0. The molecule has 96 valence electrons. The van der Waals surface area contributed by atoms with Crippen molar-refractivity contribution in [1.82, 2.24) is 0 Å². The summed E-state index contributed by atoms with van der Waals surface area (Å²) in [6.45, 7) is 0. The highest BCUT2D eigenvalue weighted by Gasteiger charge is 2.28. The third-order valence-corrected chi connectivity index (χ3v) is 5.47. The van der Waals surface area contributed by atoms with Gasteiger partial charge in [0.15, 0.2) is 0 Å². The zero-order chi connectivity index (χ0) is 12.8. The van der Waals surface area contributed by atoms with Gasteiger partial charge in [0.1, 0.15) is 0 Å². The molecule has 0 radical (unpaired) electrons. The average Bonchev–Trinajstić information content (AvgIpc) is 2.64. The summed E-state index contributed by atoms with van der Waals surface area (Å²) in [6, 6.07) is 12.3. The average molecular weight is 261 g/mol. The van der Waals surface area contributed by atoms with Crippen molar-refractivity contribution in [3.05, 3.63) is 35.9 Å². The van der Waals surface area contributed by atoms with Crippen molar-refractivity contribution in [3.63, 3.8) is 0 Å². The van der Waals surface area contributed by atoms with E-state index in [2.05, 4.69) is 6.07 Å². The Bertz CT molecular complexity index is 438.